The van der Waals surface area contributed by atoms with Crippen LogP contribution < -0.4 is 0 Å². The standard InChI is InChI=1S/C31H30NO.C5H5.Fe/c33-25-31(29-18-8-3-9-19-29)32(24-28-16-10-11-17-28)30(22-20-26-12-4-1-5-13-26)23-21-27-14-6-2-7-15-27;1-2-4-5-3-1;/h1-19,30-31,33H,20,22,24-25H2;1-5H;/q;;+2/t30-,31+;;/m1../s1. The van der Waals surface area contributed by atoms with E-state index in [9.17, 15) is 5.11 Å². The van der Waals surface area contributed by atoms with Gasteiger partial charge in [0.2, 0.25) is 0 Å². The van der Waals surface area contributed by atoms with Crippen LogP contribution in [0, 0.1) is 75.5 Å². The van der Waals surface area contributed by atoms with Crippen molar-refractivity contribution in [3.63, 3.8) is 0 Å². The molecule has 2 saturated carbocycles. The topological polar surface area (TPSA) is 23.5 Å². The monoisotopic (exact) mass is 553 g/mol. The summed E-state index contributed by atoms with van der Waals surface area (Å²) < 4.78 is 0. The van der Waals surface area contributed by atoms with Crippen molar-refractivity contribution in [2.75, 3.05) is 13.2 Å². The summed E-state index contributed by atoms with van der Waals surface area (Å²) >= 11 is 0. The molecule has 3 heteroatoms. The van der Waals surface area contributed by atoms with Gasteiger partial charge in [-0.2, -0.15) is 0 Å². The molecule has 196 valence electrons. The molecule has 2 nitrogen and oxygen atoms in total. The fraction of sp³-hybridized carbons (Fsp3) is 0.167. The van der Waals surface area contributed by atoms with Crippen molar-refractivity contribution in [2.45, 2.75) is 24.9 Å². The smallest absolute Gasteiger partial charge is 0.394 e. The average Bonchev–Trinajstić information content (AvgIpc) is 3.73. The van der Waals surface area contributed by atoms with E-state index in [0.717, 1.165) is 30.5 Å². The zero-order valence-corrected chi connectivity index (χ0v) is 23.2. The SMILES string of the molecule is OC[C@@H](c1ccccc1)N(C[C]1[CH][CH][CH][CH]1)[C@@H](C#Cc1ccccc1)CCc1ccccc1.[CH]1[CH][CH][CH][CH]1.[Fe+2]. The molecular formula is C36H35FeNO+2. The van der Waals surface area contributed by atoms with Gasteiger partial charge in [0, 0.05) is 12.1 Å². The van der Waals surface area contributed by atoms with Gasteiger partial charge in [-0.25, -0.2) is 0 Å². The second-order valence-electron chi connectivity index (χ2n) is 9.21. The van der Waals surface area contributed by atoms with Crippen LogP contribution >= 0.6 is 0 Å². The van der Waals surface area contributed by atoms with Crippen LogP contribution in [-0.2, 0) is 23.5 Å². The van der Waals surface area contributed by atoms with E-state index in [-0.39, 0.29) is 35.8 Å². The first-order chi connectivity index (χ1) is 18.8. The van der Waals surface area contributed by atoms with E-state index in [1.165, 1.54) is 11.5 Å². The van der Waals surface area contributed by atoms with Gasteiger partial charge in [-0.15, -0.1) is 0 Å². The second kappa shape index (κ2) is 18.1. The average molecular weight is 554 g/mol. The number of aryl methyl sites for hydroxylation is 1. The zero-order chi connectivity index (χ0) is 26.3. The fourth-order valence-corrected chi connectivity index (χ4v) is 4.52. The van der Waals surface area contributed by atoms with Crippen LogP contribution in [-0.4, -0.2) is 29.2 Å². The molecule has 0 aliphatic heterocycles. The largest absolute Gasteiger partial charge is 2.00 e. The summed E-state index contributed by atoms with van der Waals surface area (Å²) in [6.07, 6.45) is 20.2. The van der Waals surface area contributed by atoms with Crippen LogP contribution in [0.3, 0.4) is 0 Å². The first kappa shape index (κ1) is 31.2. The van der Waals surface area contributed by atoms with E-state index in [1.807, 2.05) is 80.6 Å². The van der Waals surface area contributed by atoms with Crippen molar-refractivity contribution >= 4 is 0 Å². The van der Waals surface area contributed by atoms with Gasteiger partial charge in [0.05, 0.1) is 18.7 Å². The molecule has 0 saturated heterocycles. The third-order valence-electron chi connectivity index (χ3n) is 6.52. The molecule has 5 rings (SSSR count). The van der Waals surface area contributed by atoms with Gasteiger partial charge in [-0.05, 0) is 99.8 Å². The number of aliphatic hydroxyl groups excluding tert-OH is 1. The Hall–Kier alpha value is -2.34. The minimum atomic E-state index is -0.132. The van der Waals surface area contributed by atoms with Gasteiger partial charge in [-0.3, -0.25) is 4.90 Å². The van der Waals surface area contributed by atoms with Crippen LogP contribution in [0.15, 0.2) is 91.0 Å². The zero-order valence-electron chi connectivity index (χ0n) is 22.1. The normalized spacial score (nSPS) is 16.4. The van der Waals surface area contributed by atoms with Crippen molar-refractivity contribution in [2.24, 2.45) is 0 Å². The maximum atomic E-state index is 10.5. The molecular weight excluding hydrogens is 518 g/mol. The number of rotatable bonds is 9. The van der Waals surface area contributed by atoms with Gasteiger partial charge in [0.15, 0.2) is 0 Å². The molecule has 10 radical (unpaired) electrons. The Bertz CT molecular complexity index is 1070. The number of benzene rings is 3. The van der Waals surface area contributed by atoms with E-state index in [2.05, 4.69) is 84.9 Å². The minimum absolute atomic E-state index is 0. The summed E-state index contributed by atoms with van der Waals surface area (Å²) in [6, 6.07) is 30.8. The van der Waals surface area contributed by atoms with Crippen LogP contribution in [0.1, 0.15) is 29.2 Å². The molecule has 0 aromatic heterocycles. The van der Waals surface area contributed by atoms with Crippen molar-refractivity contribution in [1.29, 1.82) is 0 Å². The third-order valence-corrected chi connectivity index (χ3v) is 6.52. The molecule has 2 aliphatic rings. The summed E-state index contributed by atoms with van der Waals surface area (Å²) in [6.45, 7) is 0.773. The third kappa shape index (κ3) is 10.6. The van der Waals surface area contributed by atoms with Gasteiger partial charge >= 0.3 is 17.1 Å². The molecule has 0 heterocycles. The Morgan fingerprint density at radius 1 is 0.667 bits per heavy atom. The van der Waals surface area contributed by atoms with Gasteiger partial charge in [0.1, 0.15) is 0 Å². The van der Waals surface area contributed by atoms with E-state index in [0.29, 0.717) is 0 Å². The molecule has 0 unspecified atom stereocenters. The van der Waals surface area contributed by atoms with Crippen LogP contribution in [0.4, 0.5) is 0 Å². The Balaban J connectivity index is 0.000000630. The van der Waals surface area contributed by atoms with Crippen molar-refractivity contribution < 1.29 is 22.2 Å². The molecule has 2 fully saturated rings. The maximum Gasteiger partial charge on any atom is 2.00 e. The summed E-state index contributed by atoms with van der Waals surface area (Å²) in [5.74, 6) is 8.20. The molecule has 39 heavy (non-hydrogen) atoms. The molecule has 0 amide bonds. The van der Waals surface area contributed by atoms with Crippen LogP contribution in [0.2, 0.25) is 0 Å². The number of aliphatic hydroxyl groups is 1. The minimum Gasteiger partial charge on any atom is -0.394 e. The molecule has 1 N–H and O–H groups in total. The van der Waals surface area contributed by atoms with E-state index in [1.54, 1.807) is 0 Å². The Labute approximate surface area is 247 Å². The Morgan fingerprint density at radius 3 is 1.77 bits per heavy atom. The summed E-state index contributed by atoms with van der Waals surface area (Å²) in [7, 11) is 0. The van der Waals surface area contributed by atoms with Crippen molar-refractivity contribution in [3.8, 4) is 11.8 Å². The molecule has 2 atom stereocenters. The predicted octanol–water partition coefficient (Wildman–Crippen LogP) is 6.50. The van der Waals surface area contributed by atoms with Gasteiger partial charge in [0.25, 0.3) is 0 Å². The van der Waals surface area contributed by atoms with Crippen molar-refractivity contribution in [3.05, 3.63) is 171 Å². The first-order valence-electron chi connectivity index (χ1n) is 13.2. The van der Waals surface area contributed by atoms with E-state index in [4.69, 9.17) is 0 Å². The van der Waals surface area contributed by atoms with Gasteiger partial charge < -0.3 is 5.11 Å². The molecule has 3 aromatic carbocycles. The number of hydrogen-bond donors (Lipinski definition) is 1. The predicted molar refractivity (Wildman–Crippen MR) is 157 cm³/mol. The maximum absolute atomic E-state index is 10.5. The molecule has 2 aliphatic carbocycles. The van der Waals surface area contributed by atoms with E-state index < -0.39 is 0 Å². The quantitative estimate of drug-likeness (QED) is 0.242. The summed E-state index contributed by atoms with van der Waals surface area (Å²) in [5.41, 5.74) is 3.42. The van der Waals surface area contributed by atoms with Crippen molar-refractivity contribution in [1.82, 2.24) is 4.90 Å². The summed E-state index contributed by atoms with van der Waals surface area (Å²) in [4.78, 5) is 2.36. The molecule has 3 aromatic rings. The molecule has 0 bridgehead atoms. The van der Waals surface area contributed by atoms with Crippen LogP contribution in [0.25, 0.3) is 0 Å². The second-order valence-corrected chi connectivity index (χ2v) is 9.21. The van der Waals surface area contributed by atoms with E-state index >= 15 is 0 Å². The number of hydrogen-bond acceptors (Lipinski definition) is 2. The van der Waals surface area contributed by atoms with Crippen LogP contribution in [0.5, 0.6) is 0 Å². The number of nitrogens with zero attached hydrogens (tertiary/aromatic N) is 1. The first-order valence-corrected chi connectivity index (χ1v) is 13.2. The summed E-state index contributed by atoms with van der Waals surface area (Å²) in [5, 5.41) is 10.5. The fourth-order valence-electron chi connectivity index (χ4n) is 4.52. The molecule has 0 spiro atoms. The Kier molecular flexibility index (Phi) is 14.5. The Morgan fingerprint density at radius 2 is 1.21 bits per heavy atom. The van der Waals surface area contributed by atoms with Gasteiger partial charge in [-0.1, -0.05) is 90.7 Å².